The van der Waals surface area contributed by atoms with Crippen LogP contribution in [-0.2, 0) is 16.0 Å². The van der Waals surface area contributed by atoms with E-state index in [1.165, 1.54) is 0 Å². The first-order valence-corrected chi connectivity index (χ1v) is 5.87. The first-order valence-electron chi connectivity index (χ1n) is 5.87. The summed E-state index contributed by atoms with van der Waals surface area (Å²) in [5.74, 6) is 0.958. The molecule has 0 saturated carbocycles. The van der Waals surface area contributed by atoms with Crippen LogP contribution in [-0.4, -0.2) is 37.3 Å². The number of hydrogen-bond donors (Lipinski definition) is 0. The summed E-state index contributed by atoms with van der Waals surface area (Å²) in [6.07, 6.45) is 0.426. The van der Waals surface area contributed by atoms with Crippen LogP contribution in [0.4, 0.5) is 0 Å². The molecular formula is C13H17NO3. The number of carbonyl (C=O) groups excluding carboxylic acids is 1. The number of hydrogen-bond acceptors (Lipinski definition) is 3. The number of nitrogens with zero attached hydrogens (tertiary/aromatic N) is 1. The third kappa shape index (κ3) is 3.20. The van der Waals surface area contributed by atoms with Crippen molar-refractivity contribution < 1.29 is 14.3 Å². The lowest BCUT2D eigenvalue weighted by Gasteiger charge is -2.13. The lowest BCUT2D eigenvalue weighted by Crippen LogP contribution is -2.29. The molecule has 1 aromatic rings. The summed E-state index contributed by atoms with van der Waals surface area (Å²) < 4.78 is 10.5. The fraction of sp³-hybridized carbons (Fsp3) is 0.462. The van der Waals surface area contributed by atoms with Crippen LogP contribution >= 0.6 is 0 Å². The van der Waals surface area contributed by atoms with E-state index in [0.717, 1.165) is 11.3 Å². The van der Waals surface area contributed by atoms with Gasteiger partial charge in [0.05, 0.1) is 19.6 Å². The van der Waals surface area contributed by atoms with Crippen molar-refractivity contribution in [2.24, 2.45) is 0 Å². The second-order valence-corrected chi connectivity index (χ2v) is 3.95. The number of benzene rings is 1. The number of carbonyl (C=O) groups is 1. The summed E-state index contributed by atoms with van der Waals surface area (Å²) in [7, 11) is 0. The van der Waals surface area contributed by atoms with Gasteiger partial charge in [0.25, 0.3) is 0 Å². The van der Waals surface area contributed by atoms with Gasteiger partial charge in [0, 0.05) is 6.54 Å². The average molecular weight is 235 g/mol. The van der Waals surface area contributed by atoms with E-state index in [4.69, 9.17) is 9.47 Å². The van der Waals surface area contributed by atoms with Crippen LogP contribution in [0.1, 0.15) is 12.5 Å². The minimum atomic E-state index is 0.117. The molecule has 1 saturated heterocycles. The molecule has 17 heavy (non-hydrogen) atoms. The Kier molecular flexibility index (Phi) is 3.98. The van der Waals surface area contributed by atoms with Crippen molar-refractivity contribution in [1.29, 1.82) is 0 Å². The summed E-state index contributed by atoms with van der Waals surface area (Å²) in [6.45, 7) is 4.38. The highest BCUT2D eigenvalue weighted by atomic mass is 16.5. The highest BCUT2D eigenvalue weighted by Crippen LogP contribution is 2.13. The SMILES string of the molecule is CCOc1ccc(CC(=O)N2CCOC2)cc1. The molecule has 92 valence electrons. The van der Waals surface area contributed by atoms with E-state index in [2.05, 4.69) is 0 Å². The third-order valence-corrected chi connectivity index (χ3v) is 2.70. The molecule has 0 radical (unpaired) electrons. The summed E-state index contributed by atoms with van der Waals surface area (Å²) in [5, 5.41) is 0. The molecule has 0 atom stereocenters. The minimum absolute atomic E-state index is 0.117. The van der Waals surface area contributed by atoms with Crippen LogP contribution in [0.2, 0.25) is 0 Å². The van der Waals surface area contributed by atoms with Gasteiger partial charge >= 0.3 is 0 Å². The Bertz CT molecular complexity index is 369. The van der Waals surface area contributed by atoms with Crippen LogP contribution in [0.3, 0.4) is 0 Å². The topological polar surface area (TPSA) is 38.8 Å². The highest BCUT2D eigenvalue weighted by Gasteiger charge is 2.18. The van der Waals surface area contributed by atoms with Crippen molar-refractivity contribution in [3.8, 4) is 5.75 Å². The molecule has 1 aliphatic rings. The summed E-state index contributed by atoms with van der Waals surface area (Å²) in [5.41, 5.74) is 1.00. The molecule has 0 aromatic heterocycles. The lowest BCUT2D eigenvalue weighted by atomic mass is 10.1. The van der Waals surface area contributed by atoms with Crippen molar-refractivity contribution in [3.05, 3.63) is 29.8 Å². The third-order valence-electron chi connectivity index (χ3n) is 2.70. The van der Waals surface area contributed by atoms with Gasteiger partial charge in [0.2, 0.25) is 5.91 Å². The van der Waals surface area contributed by atoms with E-state index >= 15 is 0 Å². The zero-order valence-electron chi connectivity index (χ0n) is 10.0. The van der Waals surface area contributed by atoms with E-state index in [9.17, 15) is 4.79 Å². The quantitative estimate of drug-likeness (QED) is 0.792. The van der Waals surface area contributed by atoms with Gasteiger partial charge in [-0.2, -0.15) is 0 Å². The number of ether oxygens (including phenoxy) is 2. The van der Waals surface area contributed by atoms with Gasteiger partial charge in [-0.25, -0.2) is 0 Å². The second kappa shape index (κ2) is 5.68. The van der Waals surface area contributed by atoms with Crippen molar-refractivity contribution in [2.75, 3.05) is 26.5 Å². The van der Waals surface area contributed by atoms with E-state index in [1.807, 2.05) is 31.2 Å². The molecule has 0 unspecified atom stereocenters. The standard InChI is InChI=1S/C13H17NO3/c1-2-17-12-5-3-11(4-6-12)9-13(15)14-7-8-16-10-14/h3-6H,2,7-10H2,1H3. The molecule has 1 amide bonds. The first-order chi connectivity index (χ1) is 8.29. The van der Waals surface area contributed by atoms with Gasteiger partial charge in [-0.15, -0.1) is 0 Å². The predicted molar refractivity (Wildman–Crippen MR) is 63.8 cm³/mol. The first kappa shape index (κ1) is 11.9. The van der Waals surface area contributed by atoms with Crippen LogP contribution in [0.15, 0.2) is 24.3 Å². The largest absolute Gasteiger partial charge is 0.494 e. The zero-order valence-corrected chi connectivity index (χ0v) is 10.0. The van der Waals surface area contributed by atoms with Crippen molar-refractivity contribution in [3.63, 3.8) is 0 Å². The van der Waals surface area contributed by atoms with Gasteiger partial charge in [0.1, 0.15) is 12.5 Å². The average Bonchev–Trinajstić information content (AvgIpc) is 2.86. The Balaban J connectivity index is 1.91. The molecule has 1 heterocycles. The van der Waals surface area contributed by atoms with Gasteiger partial charge in [0.15, 0.2) is 0 Å². The Morgan fingerprint density at radius 2 is 2.18 bits per heavy atom. The Labute approximate surface area is 101 Å². The Morgan fingerprint density at radius 1 is 1.41 bits per heavy atom. The molecule has 4 nitrogen and oxygen atoms in total. The molecule has 1 aromatic carbocycles. The van der Waals surface area contributed by atoms with Gasteiger partial charge in [-0.1, -0.05) is 12.1 Å². The normalized spacial score (nSPS) is 15.0. The highest BCUT2D eigenvalue weighted by molar-refractivity contribution is 5.78. The maximum Gasteiger partial charge on any atom is 0.228 e. The molecule has 0 N–H and O–H groups in total. The molecule has 1 fully saturated rings. The van der Waals surface area contributed by atoms with Crippen molar-refractivity contribution >= 4 is 5.91 Å². The summed E-state index contributed by atoms with van der Waals surface area (Å²) in [4.78, 5) is 13.6. The fourth-order valence-electron chi connectivity index (χ4n) is 1.77. The van der Waals surface area contributed by atoms with E-state index in [0.29, 0.717) is 32.9 Å². The van der Waals surface area contributed by atoms with Crippen molar-refractivity contribution in [1.82, 2.24) is 4.90 Å². The van der Waals surface area contributed by atoms with Crippen molar-refractivity contribution in [2.45, 2.75) is 13.3 Å². The summed E-state index contributed by atoms with van der Waals surface area (Å²) >= 11 is 0. The molecule has 2 rings (SSSR count). The molecule has 0 aliphatic carbocycles. The fourth-order valence-corrected chi connectivity index (χ4v) is 1.77. The maximum atomic E-state index is 11.8. The lowest BCUT2D eigenvalue weighted by molar-refractivity contribution is -0.130. The van der Waals surface area contributed by atoms with E-state index < -0.39 is 0 Å². The van der Waals surface area contributed by atoms with Gasteiger partial charge in [-0.05, 0) is 24.6 Å². The smallest absolute Gasteiger partial charge is 0.228 e. The van der Waals surface area contributed by atoms with Gasteiger partial charge < -0.3 is 14.4 Å². The van der Waals surface area contributed by atoms with Crippen LogP contribution in [0.25, 0.3) is 0 Å². The van der Waals surface area contributed by atoms with Gasteiger partial charge in [-0.3, -0.25) is 4.79 Å². The summed E-state index contributed by atoms with van der Waals surface area (Å²) in [6, 6.07) is 7.65. The van der Waals surface area contributed by atoms with Crippen LogP contribution < -0.4 is 4.74 Å². The maximum absolute atomic E-state index is 11.8. The number of rotatable bonds is 4. The minimum Gasteiger partial charge on any atom is -0.494 e. The number of amides is 1. The van der Waals surface area contributed by atoms with Crippen LogP contribution in [0.5, 0.6) is 5.75 Å². The Hall–Kier alpha value is -1.55. The second-order valence-electron chi connectivity index (χ2n) is 3.95. The Morgan fingerprint density at radius 3 is 2.76 bits per heavy atom. The van der Waals surface area contributed by atoms with E-state index in [-0.39, 0.29) is 5.91 Å². The monoisotopic (exact) mass is 235 g/mol. The van der Waals surface area contributed by atoms with Crippen LogP contribution in [0, 0.1) is 0 Å². The molecule has 0 bridgehead atoms. The molecule has 4 heteroatoms. The predicted octanol–water partition coefficient (Wildman–Crippen LogP) is 1.44. The zero-order chi connectivity index (χ0) is 12.1. The molecule has 1 aliphatic heterocycles. The van der Waals surface area contributed by atoms with E-state index in [1.54, 1.807) is 4.90 Å². The molecular weight excluding hydrogens is 218 g/mol. The molecule has 0 spiro atoms.